The van der Waals surface area contributed by atoms with Crippen molar-refractivity contribution in [3.8, 4) is 16.3 Å². The number of nitrogens with zero attached hydrogens (tertiary/aromatic N) is 4. The van der Waals surface area contributed by atoms with E-state index in [1.165, 1.54) is 0 Å². The molecule has 3 heterocycles. The van der Waals surface area contributed by atoms with E-state index in [1.807, 2.05) is 47.8 Å². The summed E-state index contributed by atoms with van der Waals surface area (Å²) in [5.74, 6) is 1.27. The van der Waals surface area contributed by atoms with E-state index in [0.717, 1.165) is 16.4 Å². The molecule has 1 aliphatic heterocycles. The van der Waals surface area contributed by atoms with Gasteiger partial charge in [0, 0.05) is 37.3 Å². The van der Waals surface area contributed by atoms with Crippen molar-refractivity contribution in [2.75, 3.05) is 37.7 Å². The number of piperazine rings is 1. The number of carbonyl (C=O) groups is 2. The lowest BCUT2D eigenvalue weighted by atomic mass is 10.0. The largest absolute Gasteiger partial charge is 0.484 e. The summed E-state index contributed by atoms with van der Waals surface area (Å²) in [4.78, 5) is 30.2. The minimum absolute atomic E-state index is 0.0404. The maximum absolute atomic E-state index is 12.7. The van der Waals surface area contributed by atoms with Crippen molar-refractivity contribution in [1.29, 1.82) is 0 Å². The fraction of sp³-hybridized carbons (Fsp3) is 0.185. The molecule has 2 aromatic carbocycles. The molecule has 8 heteroatoms. The number of rotatable bonds is 7. The van der Waals surface area contributed by atoms with Gasteiger partial charge in [0.25, 0.3) is 5.91 Å². The zero-order valence-electron chi connectivity index (χ0n) is 19.0. The molecule has 176 valence electrons. The van der Waals surface area contributed by atoms with Crippen LogP contribution >= 0.6 is 11.3 Å². The molecule has 35 heavy (non-hydrogen) atoms. The molecular formula is C27H24N4O3S. The first kappa shape index (κ1) is 22.7. The molecule has 5 rings (SSSR count). The van der Waals surface area contributed by atoms with Crippen LogP contribution in [0.5, 0.6) is 5.75 Å². The van der Waals surface area contributed by atoms with Gasteiger partial charge >= 0.3 is 0 Å². The molecule has 1 amide bonds. The minimum Gasteiger partial charge on any atom is -0.484 e. The number of ether oxygens (including phenoxy) is 1. The molecule has 0 aliphatic carbocycles. The molecule has 1 saturated heterocycles. The first-order valence-corrected chi connectivity index (χ1v) is 12.3. The van der Waals surface area contributed by atoms with Crippen molar-refractivity contribution >= 4 is 28.8 Å². The molecule has 0 unspecified atom stereocenters. The van der Waals surface area contributed by atoms with Gasteiger partial charge in [-0.25, -0.2) is 0 Å². The molecule has 0 atom stereocenters. The summed E-state index contributed by atoms with van der Waals surface area (Å²) in [5, 5.41) is 10.7. The van der Waals surface area contributed by atoms with E-state index >= 15 is 0 Å². The lowest BCUT2D eigenvalue weighted by molar-refractivity contribution is -0.133. The average Bonchev–Trinajstić information content (AvgIpc) is 3.48. The van der Waals surface area contributed by atoms with E-state index in [1.54, 1.807) is 52.6 Å². The Balaban J connectivity index is 1.10. The number of carbonyl (C=O) groups excluding carboxylic acids is 2. The lowest BCUT2D eigenvalue weighted by Gasteiger charge is -2.35. The maximum Gasteiger partial charge on any atom is 0.260 e. The first-order chi connectivity index (χ1) is 17.2. The maximum atomic E-state index is 12.7. The summed E-state index contributed by atoms with van der Waals surface area (Å²) in [6.07, 6.45) is 0. The normalized spacial score (nSPS) is 13.5. The van der Waals surface area contributed by atoms with Crippen LogP contribution < -0.4 is 9.64 Å². The second-order valence-corrected chi connectivity index (χ2v) is 9.08. The Bertz CT molecular complexity index is 1270. The summed E-state index contributed by atoms with van der Waals surface area (Å²) < 4.78 is 5.68. The highest BCUT2D eigenvalue weighted by atomic mass is 32.1. The van der Waals surface area contributed by atoms with Crippen LogP contribution in [-0.2, 0) is 4.79 Å². The van der Waals surface area contributed by atoms with Gasteiger partial charge in [-0.3, -0.25) is 9.59 Å². The Morgan fingerprint density at radius 1 is 0.800 bits per heavy atom. The molecule has 0 saturated carbocycles. The monoisotopic (exact) mass is 484 g/mol. The smallest absolute Gasteiger partial charge is 0.260 e. The first-order valence-electron chi connectivity index (χ1n) is 11.4. The molecule has 0 bridgehead atoms. The minimum atomic E-state index is -0.0618. The van der Waals surface area contributed by atoms with Crippen LogP contribution in [0, 0.1) is 0 Å². The Kier molecular flexibility index (Phi) is 6.81. The van der Waals surface area contributed by atoms with Gasteiger partial charge < -0.3 is 14.5 Å². The number of hydrogen-bond acceptors (Lipinski definition) is 7. The van der Waals surface area contributed by atoms with Crippen molar-refractivity contribution in [2.45, 2.75) is 0 Å². The van der Waals surface area contributed by atoms with Gasteiger partial charge in [-0.05, 0) is 47.8 Å². The Morgan fingerprint density at radius 2 is 1.54 bits per heavy atom. The molecule has 1 fully saturated rings. The molecule has 0 radical (unpaired) electrons. The van der Waals surface area contributed by atoms with E-state index in [2.05, 4.69) is 15.1 Å². The van der Waals surface area contributed by atoms with E-state index < -0.39 is 0 Å². The van der Waals surface area contributed by atoms with E-state index in [0.29, 0.717) is 43.1 Å². The number of anilines is 1. The standard InChI is InChI=1S/C27H24N4O3S/c32-26(19-34-22-10-8-21(9-11-22)27(33)20-5-2-1-3-6-20)31-16-14-30(15-17-31)25-13-12-23(28-29-25)24-7-4-18-35-24/h1-13,18H,14-17,19H2. The van der Waals surface area contributed by atoms with Crippen LogP contribution in [0.4, 0.5) is 5.82 Å². The summed E-state index contributed by atoms with van der Waals surface area (Å²) in [6, 6.07) is 24.0. The number of ketones is 1. The SMILES string of the molecule is O=C(c1ccccc1)c1ccc(OCC(=O)N2CCN(c3ccc(-c4cccs4)nn3)CC2)cc1. The van der Waals surface area contributed by atoms with Crippen LogP contribution in [0.25, 0.3) is 10.6 Å². The van der Waals surface area contributed by atoms with Gasteiger partial charge in [-0.15, -0.1) is 21.5 Å². The molecule has 7 nitrogen and oxygen atoms in total. The zero-order chi connectivity index (χ0) is 24.0. The fourth-order valence-electron chi connectivity index (χ4n) is 3.93. The Hall–Kier alpha value is -4.04. The van der Waals surface area contributed by atoms with Gasteiger partial charge in [0.2, 0.25) is 0 Å². The number of hydrogen-bond donors (Lipinski definition) is 0. The van der Waals surface area contributed by atoms with Gasteiger partial charge in [0.15, 0.2) is 18.2 Å². The van der Waals surface area contributed by atoms with Gasteiger partial charge in [-0.2, -0.15) is 0 Å². The van der Waals surface area contributed by atoms with Gasteiger partial charge in [0.05, 0.1) is 4.88 Å². The van der Waals surface area contributed by atoms with Crippen molar-refractivity contribution in [3.05, 3.63) is 95.4 Å². The summed E-state index contributed by atoms with van der Waals surface area (Å²) in [7, 11) is 0. The molecule has 2 aromatic heterocycles. The summed E-state index contributed by atoms with van der Waals surface area (Å²) in [6.45, 7) is 2.54. The number of benzene rings is 2. The lowest BCUT2D eigenvalue weighted by Crippen LogP contribution is -2.50. The number of aromatic nitrogens is 2. The third kappa shape index (κ3) is 5.38. The summed E-state index contributed by atoms with van der Waals surface area (Å²) >= 11 is 1.64. The van der Waals surface area contributed by atoms with Crippen LogP contribution in [-0.4, -0.2) is 59.6 Å². The van der Waals surface area contributed by atoms with Crippen LogP contribution in [0.15, 0.2) is 84.2 Å². The van der Waals surface area contributed by atoms with Gasteiger partial charge in [0.1, 0.15) is 11.4 Å². The van der Waals surface area contributed by atoms with Crippen molar-refractivity contribution in [2.24, 2.45) is 0 Å². The van der Waals surface area contributed by atoms with Crippen LogP contribution in [0.1, 0.15) is 15.9 Å². The molecular weight excluding hydrogens is 460 g/mol. The summed E-state index contributed by atoms with van der Waals surface area (Å²) in [5.41, 5.74) is 2.09. The molecule has 0 N–H and O–H groups in total. The van der Waals surface area contributed by atoms with Gasteiger partial charge in [-0.1, -0.05) is 36.4 Å². The van der Waals surface area contributed by atoms with Crippen molar-refractivity contribution in [3.63, 3.8) is 0 Å². The zero-order valence-corrected chi connectivity index (χ0v) is 19.9. The van der Waals surface area contributed by atoms with Crippen molar-refractivity contribution in [1.82, 2.24) is 15.1 Å². The van der Waals surface area contributed by atoms with E-state index in [-0.39, 0.29) is 18.3 Å². The van der Waals surface area contributed by atoms with E-state index in [4.69, 9.17) is 4.74 Å². The van der Waals surface area contributed by atoms with Crippen LogP contribution in [0.3, 0.4) is 0 Å². The molecule has 1 aliphatic rings. The highest BCUT2D eigenvalue weighted by Gasteiger charge is 2.22. The van der Waals surface area contributed by atoms with E-state index in [9.17, 15) is 9.59 Å². The highest BCUT2D eigenvalue weighted by molar-refractivity contribution is 7.13. The quantitative estimate of drug-likeness (QED) is 0.367. The second-order valence-electron chi connectivity index (χ2n) is 8.13. The predicted octanol–water partition coefficient (Wildman–Crippen LogP) is 4.16. The second kappa shape index (κ2) is 10.5. The number of thiophene rings is 1. The fourth-order valence-corrected chi connectivity index (χ4v) is 4.62. The Labute approximate surface area is 207 Å². The van der Waals surface area contributed by atoms with Crippen molar-refractivity contribution < 1.29 is 14.3 Å². The average molecular weight is 485 g/mol. The third-order valence-corrected chi connectivity index (χ3v) is 6.79. The van der Waals surface area contributed by atoms with Crippen LogP contribution in [0.2, 0.25) is 0 Å². The highest BCUT2D eigenvalue weighted by Crippen LogP contribution is 2.23. The predicted molar refractivity (Wildman–Crippen MR) is 136 cm³/mol. The third-order valence-electron chi connectivity index (χ3n) is 5.90. The molecule has 0 spiro atoms. The molecule has 4 aromatic rings. The Morgan fingerprint density at radius 3 is 2.20 bits per heavy atom. The topological polar surface area (TPSA) is 75.6 Å². The number of amides is 1.